The zero-order valence-corrected chi connectivity index (χ0v) is 20.4. The highest BCUT2D eigenvalue weighted by Gasteiger charge is 2.16. The van der Waals surface area contributed by atoms with Crippen LogP contribution in [-0.2, 0) is 6.54 Å². The summed E-state index contributed by atoms with van der Waals surface area (Å²) in [6.45, 7) is 5.49. The maximum absolute atomic E-state index is 9.78. The Morgan fingerprint density at radius 3 is 2.63 bits per heavy atom. The summed E-state index contributed by atoms with van der Waals surface area (Å²) in [6, 6.07) is 23.6. The molecule has 1 saturated heterocycles. The Hall–Kier alpha value is -3.70. The van der Waals surface area contributed by atoms with Crippen molar-refractivity contribution in [2.24, 2.45) is 0 Å². The Labute approximate surface area is 208 Å². The lowest BCUT2D eigenvalue weighted by atomic mass is 10.1. The topological polar surface area (TPSA) is 60.1 Å². The molecule has 3 aromatic heterocycles. The Balaban J connectivity index is 1.30. The van der Waals surface area contributed by atoms with Gasteiger partial charge in [0.05, 0.1) is 16.8 Å². The largest absolute Gasteiger partial charge is 0.304 e. The van der Waals surface area contributed by atoms with Gasteiger partial charge in [0.15, 0.2) is 0 Å². The fraction of sp³-hybridized carbons (Fsp3) is 0.214. The molecule has 4 heterocycles. The van der Waals surface area contributed by atoms with E-state index in [2.05, 4.69) is 81.9 Å². The van der Waals surface area contributed by atoms with Crippen LogP contribution in [0, 0.1) is 11.3 Å². The van der Waals surface area contributed by atoms with Gasteiger partial charge in [0.25, 0.3) is 0 Å². The first-order valence-corrected chi connectivity index (χ1v) is 12.7. The normalized spacial score (nSPS) is 15.0. The smallest absolute Gasteiger partial charge is 0.126 e. The van der Waals surface area contributed by atoms with Crippen molar-refractivity contribution >= 4 is 38.1 Å². The second-order valence-corrected chi connectivity index (χ2v) is 10.2. The van der Waals surface area contributed by atoms with E-state index in [4.69, 9.17) is 0 Å². The highest BCUT2D eigenvalue weighted by molar-refractivity contribution is 7.21. The van der Waals surface area contributed by atoms with Crippen molar-refractivity contribution in [3.05, 3.63) is 84.2 Å². The number of aromatic nitrogens is 2. The van der Waals surface area contributed by atoms with Crippen LogP contribution in [0.5, 0.6) is 0 Å². The van der Waals surface area contributed by atoms with E-state index in [9.17, 15) is 5.26 Å². The molecule has 0 atom stereocenters. The van der Waals surface area contributed by atoms with Gasteiger partial charge < -0.3 is 4.90 Å². The summed E-state index contributed by atoms with van der Waals surface area (Å²) in [5.74, 6) is 0. The third-order valence-electron chi connectivity index (χ3n) is 6.75. The molecule has 0 bridgehead atoms. The highest BCUT2D eigenvalue weighted by Crippen LogP contribution is 2.37. The van der Waals surface area contributed by atoms with Gasteiger partial charge in [0, 0.05) is 60.8 Å². The Bertz CT molecular complexity index is 1530. The number of nitrogens with zero attached hydrogens (tertiary/aromatic N) is 5. The van der Waals surface area contributed by atoms with Gasteiger partial charge in [-0.25, -0.2) is 4.98 Å². The lowest BCUT2D eigenvalue weighted by Crippen LogP contribution is -2.43. The number of piperazine rings is 1. The molecular formula is C28H26N6S. The molecule has 174 valence electrons. The number of rotatable bonds is 5. The Morgan fingerprint density at radius 1 is 1.03 bits per heavy atom. The van der Waals surface area contributed by atoms with E-state index in [1.165, 1.54) is 11.1 Å². The number of nitriles is 1. The predicted octanol–water partition coefficient (Wildman–Crippen LogP) is 5.41. The third kappa shape index (κ3) is 4.28. The number of benzene rings is 2. The minimum absolute atomic E-state index is 0.530. The standard InChI is InChI=1S/C28H26N6S/c1-32-12-14-33(15-13-32)19-20-6-8-22(9-7-20)26-16-24-27(23(17-29)18-30-28(24)35-26)31-34-11-10-21-4-2-3-5-25(21)34/h2-11,16,18H,12-15,19H2,1H3,(H,30,31). The van der Waals surface area contributed by atoms with Crippen LogP contribution >= 0.6 is 11.3 Å². The van der Waals surface area contributed by atoms with Gasteiger partial charge in [-0.2, -0.15) is 5.26 Å². The molecule has 1 aliphatic rings. The second-order valence-electron chi connectivity index (χ2n) is 9.12. The molecule has 6 nitrogen and oxygen atoms in total. The van der Waals surface area contributed by atoms with E-state index in [-0.39, 0.29) is 0 Å². The fourth-order valence-electron chi connectivity index (χ4n) is 4.68. The summed E-state index contributed by atoms with van der Waals surface area (Å²) in [6.07, 6.45) is 3.65. The molecule has 1 N–H and O–H groups in total. The van der Waals surface area contributed by atoms with Crippen molar-refractivity contribution in [2.75, 3.05) is 38.7 Å². The minimum atomic E-state index is 0.530. The molecule has 5 aromatic rings. The van der Waals surface area contributed by atoms with Gasteiger partial charge in [-0.1, -0.05) is 42.5 Å². The van der Waals surface area contributed by atoms with Gasteiger partial charge in [-0.05, 0) is 36.4 Å². The lowest BCUT2D eigenvalue weighted by molar-refractivity contribution is 0.148. The summed E-state index contributed by atoms with van der Waals surface area (Å²) in [4.78, 5) is 11.6. The third-order valence-corrected chi connectivity index (χ3v) is 7.85. The number of para-hydroxylation sites is 1. The quantitative estimate of drug-likeness (QED) is 0.366. The minimum Gasteiger partial charge on any atom is -0.304 e. The molecule has 0 radical (unpaired) electrons. The molecule has 0 saturated carbocycles. The van der Waals surface area contributed by atoms with E-state index >= 15 is 0 Å². The average Bonchev–Trinajstić information content (AvgIpc) is 3.51. The molecule has 1 fully saturated rings. The Kier molecular flexibility index (Phi) is 5.71. The van der Waals surface area contributed by atoms with E-state index in [1.54, 1.807) is 17.5 Å². The molecule has 0 unspecified atom stereocenters. The summed E-state index contributed by atoms with van der Waals surface area (Å²) in [7, 11) is 2.19. The van der Waals surface area contributed by atoms with Crippen LogP contribution in [0.15, 0.2) is 73.1 Å². The maximum atomic E-state index is 9.78. The van der Waals surface area contributed by atoms with Crippen LogP contribution in [0.4, 0.5) is 5.69 Å². The number of pyridine rings is 1. The zero-order chi connectivity index (χ0) is 23.8. The average molecular weight is 479 g/mol. The number of likely N-dealkylation sites (N-methyl/N-ethyl adjacent to an activating group) is 1. The van der Waals surface area contributed by atoms with Gasteiger partial charge in [-0.15, -0.1) is 11.3 Å². The van der Waals surface area contributed by atoms with E-state index in [0.29, 0.717) is 5.56 Å². The summed E-state index contributed by atoms with van der Waals surface area (Å²) in [5.41, 5.74) is 8.35. The number of hydrogen-bond donors (Lipinski definition) is 1. The first kappa shape index (κ1) is 21.8. The van der Waals surface area contributed by atoms with Crippen LogP contribution in [0.1, 0.15) is 11.1 Å². The zero-order valence-electron chi connectivity index (χ0n) is 19.6. The number of hydrogen-bond acceptors (Lipinski definition) is 6. The summed E-state index contributed by atoms with van der Waals surface area (Å²) >= 11 is 1.66. The van der Waals surface area contributed by atoms with Gasteiger partial charge in [-0.3, -0.25) is 15.0 Å². The predicted molar refractivity (Wildman–Crippen MR) is 144 cm³/mol. The Morgan fingerprint density at radius 2 is 1.83 bits per heavy atom. The number of nitrogens with one attached hydrogen (secondary N) is 1. The molecular weight excluding hydrogens is 452 g/mol. The van der Waals surface area contributed by atoms with Crippen LogP contribution in [0.3, 0.4) is 0 Å². The maximum Gasteiger partial charge on any atom is 0.126 e. The molecule has 1 aliphatic heterocycles. The van der Waals surface area contributed by atoms with Crippen molar-refractivity contribution < 1.29 is 0 Å². The van der Waals surface area contributed by atoms with Crippen LogP contribution in [-0.4, -0.2) is 52.7 Å². The second kappa shape index (κ2) is 9.16. The molecule has 0 amide bonds. The highest BCUT2D eigenvalue weighted by atomic mass is 32.1. The van der Waals surface area contributed by atoms with Gasteiger partial charge >= 0.3 is 0 Å². The van der Waals surface area contributed by atoms with Crippen molar-refractivity contribution in [3.8, 4) is 16.5 Å². The SMILES string of the molecule is CN1CCN(Cc2ccc(-c3cc4c(Nn5ccc6ccccc65)c(C#N)cnc4s3)cc2)CC1. The van der Waals surface area contributed by atoms with E-state index in [1.807, 2.05) is 23.0 Å². The van der Waals surface area contributed by atoms with Gasteiger partial charge in [0.1, 0.15) is 10.9 Å². The molecule has 2 aromatic carbocycles. The fourth-order valence-corrected chi connectivity index (χ4v) is 5.69. The lowest BCUT2D eigenvalue weighted by Gasteiger charge is -2.32. The first-order chi connectivity index (χ1) is 17.2. The summed E-state index contributed by atoms with van der Waals surface area (Å²) < 4.78 is 1.97. The van der Waals surface area contributed by atoms with Crippen molar-refractivity contribution in [1.29, 1.82) is 5.26 Å². The summed E-state index contributed by atoms with van der Waals surface area (Å²) in [5, 5.41) is 11.9. The van der Waals surface area contributed by atoms with E-state index < -0.39 is 0 Å². The first-order valence-electron chi connectivity index (χ1n) is 11.8. The molecule has 6 rings (SSSR count). The van der Waals surface area contributed by atoms with E-state index in [0.717, 1.165) is 64.4 Å². The number of fused-ring (bicyclic) bond motifs is 2. The molecule has 7 heteroatoms. The number of thiophene rings is 1. The van der Waals surface area contributed by atoms with Crippen molar-refractivity contribution in [2.45, 2.75) is 6.54 Å². The van der Waals surface area contributed by atoms with Crippen LogP contribution in [0.25, 0.3) is 31.6 Å². The van der Waals surface area contributed by atoms with Crippen molar-refractivity contribution in [1.82, 2.24) is 19.5 Å². The number of anilines is 1. The molecule has 35 heavy (non-hydrogen) atoms. The molecule has 0 aliphatic carbocycles. The van der Waals surface area contributed by atoms with Crippen LogP contribution in [0.2, 0.25) is 0 Å². The van der Waals surface area contributed by atoms with Crippen molar-refractivity contribution in [3.63, 3.8) is 0 Å². The molecule has 0 spiro atoms. The van der Waals surface area contributed by atoms with Gasteiger partial charge in [0.2, 0.25) is 0 Å². The van der Waals surface area contributed by atoms with Crippen LogP contribution < -0.4 is 5.43 Å². The monoisotopic (exact) mass is 478 g/mol.